The van der Waals surface area contributed by atoms with Gasteiger partial charge in [0.15, 0.2) is 0 Å². The Morgan fingerprint density at radius 2 is 1.11 bits per heavy atom. The number of carbonyl (C=O) groups is 6. The van der Waals surface area contributed by atoms with Gasteiger partial charge < -0.3 is 57.4 Å². The molecule has 0 spiro atoms. The number of piperidine rings is 1. The number of nitrogens with two attached hydrogens (primary N) is 2. The number of piperazine rings is 1. The van der Waals surface area contributed by atoms with Gasteiger partial charge in [-0.05, 0) is 116 Å². The van der Waals surface area contributed by atoms with Crippen LogP contribution >= 0.6 is 0 Å². The number of benzene rings is 4. The zero-order valence-electron chi connectivity index (χ0n) is 45.3. The number of fused-ring (bicyclic) bond motifs is 2. The lowest BCUT2D eigenvalue weighted by atomic mass is 9.81. The molecule has 7 aromatic rings. The Bertz CT molecular complexity index is 3200. The van der Waals surface area contributed by atoms with E-state index < -0.39 is 12.1 Å². The molecule has 4 unspecified atom stereocenters. The molecular weight excluding hydrogens is 1010 g/mol. The van der Waals surface area contributed by atoms with Crippen LogP contribution in [0.15, 0.2) is 140 Å². The van der Waals surface area contributed by atoms with Crippen LogP contribution in [0.2, 0.25) is 0 Å². The fraction of sp³-hybridized carbons (Fsp3) is 0.371. The van der Waals surface area contributed by atoms with Crippen molar-refractivity contribution in [3.05, 3.63) is 173 Å². The predicted octanol–water partition coefficient (Wildman–Crippen LogP) is 6.05. The third kappa shape index (κ3) is 14.7. The largest absolute Gasteiger partial charge is 0.361 e. The van der Waals surface area contributed by atoms with E-state index in [2.05, 4.69) is 36.2 Å². The number of hydrogen-bond donors (Lipinski definition) is 8. The summed E-state index contributed by atoms with van der Waals surface area (Å²) in [5, 5.41) is 14.2. The van der Waals surface area contributed by atoms with E-state index in [1.165, 1.54) is 0 Å². The summed E-state index contributed by atoms with van der Waals surface area (Å²) in [6, 6.07) is 36.1. The van der Waals surface area contributed by atoms with Crippen molar-refractivity contribution in [2.24, 2.45) is 29.2 Å². The maximum atomic E-state index is 13.5. The average molecular weight is 1080 g/mol. The molecule has 1 saturated carbocycles. The van der Waals surface area contributed by atoms with E-state index in [-0.39, 0.29) is 48.0 Å². The smallest absolute Gasteiger partial charge is 0.318 e. The molecule has 18 heteroatoms. The fourth-order valence-electron chi connectivity index (χ4n) is 11.2. The number of urea groups is 1. The summed E-state index contributed by atoms with van der Waals surface area (Å²) in [7, 11) is 0. The topological polar surface area (TPSA) is 257 Å². The molecule has 80 heavy (non-hydrogen) atoms. The van der Waals surface area contributed by atoms with Gasteiger partial charge in [-0.3, -0.25) is 29.0 Å². The molecule has 0 bridgehead atoms. The molecule has 1 aliphatic carbocycles. The number of para-hydroxylation sites is 2. The Morgan fingerprint density at radius 1 is 0.588 bits per heavy atom. The van der Waals surface area contributed by atoms with E-state index >= 15 is 0 Å². The Hall–Kier alpha value is -8.35. The van der Waals surface area contributed by atoms with Gasteiger partial charge in [0, 0.05) is 123 Å². The van der Waals surface area contributed by atoms with Crippen LogP contribution in [0.1, 0.15) is 81.6 Å². The first kappa shape index (κ1) is 56.4. The Balaban J connectivity index is 0.000000194. The van der Waals surface area contributed by atoms with Gasteiger partial charge in [0.05, 0.1) is 12.2 Å². The number of rotatable bonds is 17. The number of H-pyrrole nitrogens is 2. The Kier molecular flexibility index (Phi) is 19.4. The van der Waals surface area contributed by atoms with E-state index in [0.717, 1.165) is 64.2 Å². The van der Waals surface area contributed by atoms with E-state index in [0.29, 0.717) is 113 Å². The molecule has 2 aliphatic heterocycles. The fourth-order valence-corrected chi connectivity index (χ4v) is 11.2. The first-order chi connectivity index (χ1) is 39.0. The van der Waals surface area contributed by atoms with Crippen molar-refractivity contribution in [1.29, 1.82) is 0 Å². The number of nitrogens with zero attached hydrogens (tertiary/aromatic N) is 4. The lowest BCUT2D eigenvalue weighted by Crippen LogP contribution is -2.57. The van der Waals surface area contributed by atoms with Crippen LogP contribution in [0, 0.1) is 17.8 Å². The minimum Gasteiger partial charge on any atom is -0.361 e. The van der Waals surface area contributed by atoms with Gasteiger partial charge in [-0.25, -0.2) is 4.79 Å². The molecule has 2 saturated heterocycles. The lowest BCUT2D eigenvalue weighted by molar-refractivity contribution is -0.132. The molecule has 7 amide bonds. The third-order valence-corrected chi connectivity index (χ3v) is 15.8. The minimum atomic E-state index is -0.770. The van der Waals surface area contributed by atoms with Crippen molar-refractivity contribution in [1.82, 2.24) is 50.9 Å². The zero-order valence-corrected chi connectivity index (χ0v) is 45.3. The van der Waals surface area contributed by atoms with Crippen molar-refractivity contribution in [3.8, 4) is 0 Å². The Morgan fingerprint density at radius 3 is 1.70 bits per heavy atom. The van der Waals surface area contributed by atoms with Crippen molar-refractivity contribution in [2.75, 3.05) is 52.4 Å². The number of pyridine rings is 1. The number of amides is 7. The molecule has 418 valence electrons. The van der Waals surface area contributed by atoms with Gasteiger partial charge in [0.1, 0.15) is 12.1 Å². The number of hydrogen-bond acceptors (Lipinski definition) is 9. The summed E-state index contributed by atoms with van der Waals surface area (Å²) in [5.41, 5.74) is 18.5. The van der Waals surface area contributed by atoms with Gasteiger partial charge in [-0.2, -0.15) is 0 Å². The van der Waals surface area contributed by atoms with Crippen LogP contribution in [0.5, 0.6) is 0 Å². The molecule has 4 aromatic carbocycles. The van der Waals surface area contributed by atoms with Crippen LogP contribution in [-0.4, -0.2) is 130 Å². The number of aromatic amines is 2. The molecule has 5 heterocycles. The average Bonchev–Trinajstić information content (AvgIpc) is 4.13. The van der Waals surface area contributed by atoms with Gasteiger partial charge in [0.2, 0.25) is 17.7 Å². The maximum absolute atomic E-state index is 13.5. The van der Waals surface area contributed by atoms with Gasteiger partial charge in [0.25, 0.3) is 11.8 Å². The normalized spacial score (nSPS) is 17.4. The van der Waals surface area contributed by atoms with Crippen molar-refractivity contribution in [2.45, 2.75) is 76.5 Å². The molecule has 18 nitrogen and oxygen atoms in total. The third-order valence-electron chi connectivity index (χ3n) is 15.8. The molecule has 10 N–H and O–H groups in total. The number of nitrogens with one attached hydrogen (secondary N) is 6. The van der Waals surface area contributed by atoms with Crippen LogP contribution in [0.25, 0.3) is 21.8 Å². The van der Waals surface area contributed by atoms with Crippen LogP contribution in [-0.2, 0) is 40.3 Å². The quantitative estimate of drug-likeness (QED) is 0.0528. The molecule has 4 atom stereocenters. The maximum Gasteiger partial charge on any atom is 0.318 e. The van der Waals surface area contributed by atoms with E-state index in [4.69, 9.17) is 11.5 Å². The van der Waals surface area contributed by atoms with Crippen molar-refractivity contribution >= 4 is 57.4 Å². The predicted molar refractivity (Wildman–Crippen MR) is 309 cm³/mol. The lowest BCUT2D eigenvalue weighted by Gasteiger charge is -2.35. The molecule has 3 fully saturated rings. The first-order valence-electron chi connectivity index (χ1n) is 28.1. The summed E-state index contributed by atoms with van der Waals surface area (Å²) >= 11 is 0. The highest BCUT2D eigenvalue weighted by Gasteiger charge is 2.33. The molecule has 10 rings (SSSR count). The zero-order chi connectivity index (χ0) is 55.8. The van der Waals surface area contributed by atoms with E-state index in [1.807, 2.05) is 109 Å². The molecule has 0 radical (unpaired) electrons. The monoisotopic (exact) mass is 1080 g/mol. The number of carbonyl (C=O) groups excluding carboxylic acids is 6. The highest BCUT2D eigenvalue weighted by Crippen LogP contribution is 2.28. The van der Waals surface area contributed by atoms with E-state index in [9.17, 15) is 28.8 Å². The highest BCUT2D eigenvalue weighted by atomic mass is 16.2. The summed E-state index contributed by atoms with van der Waals surface area (Å²) in [6.07, 6.45) is 11.7. The highest BCUT2D eigenvalue weighted by molar-refractivity contribution is 5.96. The molecular formula is C62H74N12O6. The van der Waals surface area contributed by atoms with Crippen LogP contribution in [0.3, 0.4) is 0 Å². The molecule has 3 aromatic heterocycles. The SMILES string of the molecule is NCC1CCCC(CNC(=O)C(Cc2c[nH]c3ccccc23)NC(=O)N2CCN(C(=O)c3ccccc3)CC2)C1.NCc1ccnc(CNC(=O)C(Cc2c[nH]c3ccccc23)NC(=O)C2CCN(C(=O)c3ccccc3)CC2)c1. The van der Waals surface area contributed by atoms with Gasteiger partial charge >= 0.3 is 6.03 Å². The van der Waals surface area contributed by atoms with Crippen molar-refractivity contribution in [3.63, 3.8) is 0 Å². The second-order valence-corrected chi connectivity index (χ2v) is 21.2. The van der Waals surface area contributed by atoms with Crippen LogP contribution in [0.4, 0.5) is 4.79 Å². The summed E-state index contributed by atoms with van der Waals surface area (Å²) in [6.45, 7) is 4.61. The number of likely N-dealkylation sites (tertiary alicyclic amines) is 1. The summed E-state index contributed by atoms with van der Waals surface area (Å²) < 4.78 is 0. The first-order valence-corrected chi connectivity index (χ1v) is 28.1. The second kappa shape index (κ2) is 27.5. The standard InChI is InChI=1S/C31H40N6O3.C31H34N6O3/c32-19-22-7-6-8-23(17-22)20-34-29(38)28(18-25-21-33-27-12-5-4-11-26(25)27)35-31(40)37-15-13-36(14-16-37)30(39)24-9-2-1-3-10-24;32-18-21-10-13-33-25(16-21)20-35-30(39)28(17-24-19-34-27-9-5-4-8-26(24)27)36-29(38)22-11-14-37(15-12-22)31(40)23-6-2-1-3-7-23/h1-5,9-12,21-23,28,33H,6-8,13-20,32H2,(H,34,38)(H,35,40);1-10,13,16,19,22,28,34H,11-12,14-15,17-18,20,32H2,(H,35,39)(H,36,38). The van der Waals surface area contributed by atoms with Gasteiger partial charge in [-0.15, -0.1) is 0 Å². The molecule has 3 aliphatic rings. The van der Waals surface area contributed by atoms with Crippen LogP contribution < -0.4 is 32.7 Å². The second-order valence-electron chi connectivity index (χ2n) is 21.2. The summed E-state index contributed by atoms with van der Waals surface area (Å²) in [4.78, 5) is 95.3. The minimum absolute atomic E-state index is 0.0247. The van der Waals surface area contributed by atoms with Crippen molar-refractivity contribution < 1.29 is 28.8 Å². The van der Waals surface area contributed by atoms with Gasteiger partial charge in [-0.1, -0.05) is 79.2 Å². The van der Waals surface area contributed by atoms with E-state index in [1.54, 1.807) is 45.2 Å². The summed E-state index contributed by atoms with van der Waals surface area (Å²) in [5.74, 6) is -0.0337. The number of aromatic nitrogens is 3. The Labute approximate surface area is 466 Å².